The van der Waals surface area contributed by atoms with Crippen molar-refractivity contribution >= 4 is 28.6 Å². The number of carbonyl (C=O) groups is 3. The molecule has 2 atom stereocenters. The Kier molecular flexibility index (Phi) is 4.98. The summed E-state index contributed by atoms with van der Waals surface area (Å²) in [6.45, 7) is 1.73. The van der Waals surface area contributed by atoms with Crippen molar-refractivity contribution in [3.63, 3.8) is 0 Å². The monoisotopic (exact) mass is 309 g/mol. The van der Waals surface area contributed by atoms with Crippen molar-refractivity contribution in [3.05, 3.63) is 36.3 Å². The number of Topliss-reactive ketones (excluding diaryl/α,β-unsaturated/α-hetero) is 1. The van der Waals surface area contributed by atoms with Crippen LogP contribution in [0.1, 0.15) is 18.7 Å². The lowest BCUT2D eigenvalue weighted by molar-refractivity contribution is -0.142. The first-order valence-corrected chi connectivity index (χ1v) is 7.34. The molecule has 0 spiro atoms. The molecule has 6 nitrogen and oxygen atoms in total. The van der Waals surface area contributed by atoms with E-state index in [9.17, 15) is 19.5 Å². The first kappa shape index (κ1) is 15.5. The van der Waals surface area contributed by atoms with E-state index in [1.807, 2.05) is 0 Å². The number of aliphatic carboxylic acids is 1. The van der Waals surface area contributed by atoms with Crippen molar-refractivity contribution in [2.75, 3.05) is 12.3 Å². The second kappa shape index (κ2) is 6.73. The highest BCUT2D eigenvalue weighted by Gasteiger charge is 2.38. The van der Waals surface area contributed by atoms with Crippen molar-refractivity contribution in [2.24, 2.45) is 0 Å². The lowest BCUT2D eigenvalue weighted by Gasteiger charge is -2.28. The molecule has 0 fully saturated rings. The zero-order chi connectivity index (χ0) is 15.4. The van der Waals surface area contributed by atoms with Crippen molar-refractivity contribution in [1.29, 1.82) is 0 Å². The molecule has 1 unspecified atom stereocenters. The maximum atomic E-state index is 12.4. The number of hydrogen-bond acceptors (Lipinski definition) is 6. The van der Waals surface area contributed by atoms with Crippen LogP contribution >= 0.6 is 11.8 Å². The Hall–Kier alpha value is -1.86. The number of furan rings is 1. The topological polar surface area (TPSA) is 87.8 Å². The molecule has 1 N–H and O–H groups in total. The van der Waals surface area contributed by atoms with Crippen molar-refractivity contribution in [3.8, 4) is 0 Å². The SMILES string of the molecule is CC(=O)SCC(=O)C(c1ccco1)N1CC=C[C@H]1C(=O)O. The molecule has 0 saturated carbocycles. The summed E-state index contributed by atoms with van der Waals surface area (Å²) in [4.78, 5) is 36.3. The van der Waals surface area contributed by atoms with E-state index in [2.05, 4.69) is 0 Å². The summed E-state index contributed by atoms with van der Waals surface area (Å²) in [6, 6.07) is 1.61. The van der Waals surface area contributed by atoms with E-state index in [4.69, 9.17) is 4.42 Å². The van der Waals surface area contributed by atoms with Crippen molar-refractivity contribution in [2.45, 2.75) is 19.0 Å². The average molecular weight is 309 g/mol. The Morgan fingerprint density at radius 3 is 2.86 bits per heavy atom. The molecular formula is C14H15NO5S. The van der Waals surface area contributed by atoms with E-state index in [0.717, 1.165) is 11.8 Å². The Balaban J connectivity index is 2.23. The normalized spacial score (nSPS) is 19.6. The first-order chi connectivity index (χ1) is 10.0. The van der Waals surface area contributed by atoms with Gasteiger partial charge in [0.15, 0.2) is 10.9 Å². The summed E-state index contributed by atoms with van der Waals surface area (Å²) >= 11 is 0.909. The second-order valence-electron chi connectivity index (χ2n) is 4.57. The minimum atomic E-state index is -1.02. The number of carbonyl (C=O) groups excluding carboxylic acids is 2. The first-order valence-electron chi connectivity index (χ1n) is 6.35. The van der Waals surface area contributed by atoms with Crippen LogP contribution in [0.2, 0.25) is 0 Å². The van der Waals surface area contributed by atoms with Crippen molar-refractivity contribution in [1.82, 2.24) is 4.90 Å². The molecule has 0 amide bonds. The molecule has 0 aliphatic carbocycles. The molecular weight excluding hydrogens is 294 g/mol. The maximum Gasteiger partial charge on any atom is 0.324 e. The number of carboxylic acid groups (broad SMARTS) is 1. The van der Waals surface area contributed by atoms with Gasteiger partial charge >= 0.3 is 5.97 Å². The lowest BCUT2D eigenvalue weighted by Crippen LogP contribution is -2.42. The number of carboxylic acids is 1. The molecule has 0 aromatic carbocycles. The van der Waals surface area contributed by atoms with Crippen LogP contribution in [-0.4, -0.2) is 45.2 Å². The van der Waals surface area contributed by atoms with Crippen LogP contribution in [0.15, 0.2) is 35.0 Å². The molecule has 1 aromatic rings. The number of thioether (sulfide) groups is 1. The third kappa shape index (κ3) is 3.62. The highest BCUT2D eigenvalue weighted by molar-refractivity contribution is 8.14. The van der Waals surface area contributed by atoms with Crippen LogP contribution in [0.4, 0.5) is 0 Å². The predicted octanol–water partition coefficient (Wildman–Crippen LogP) is 1.49. The van der Waals surface area contributed by atoms with E-state index in [0.29, 0.717) is 12.3 Å². The molecule has 0 saturated heterocycles. The average Bonchev–Trinajstić information content (AvgIpc) is 3.08. The Labute approximate surface area is 125 Å². The second-order valence-corrected chi connectivity index (χ2v) is 5.72. The molecule has 2 rings (SSSR count). The van der Waals surface area contributed by atoms with Crippen LogP contribution in [0.5, 0.6) is 0 Å². The van der Waals surface area contributed by atoms with Crippen LogP contribution < -0.4 is 0 Å². The molecule has 1 aliphatic rings. The van der Waals surface area contributed by atoms with Gasteiger partial charge in [-0.3, -0.25) is 19.3 Å². The highest BCUT2D eigenvalue weighted by atomic mass is 32.2. The molecule has 2 heterocycles. The smallest absolute Gasteiger partial charge is 0.324 e. The van der Waals surface area contributed by atoms with Gasteiger partial charge in [-0.25, -0.2) is 0 Å². The Morgan fingerprint density at radius 1 is 1.52 bits per heavy atom. The van der Waals surface area contributed by atoms with Gasteiger partial charge in [-0.1, -0.05) is 23.9 Å². The highest BCUT2D eigenvalue weighted by Crippen LogP contribution is 2.29. The molecule has 1 aromatic heterocycles. The van der Waals surface area contributed by atoms with Gasteiger partial charge in [-0.2, -0.15) is 0 Å². The minimum Gasteiger partial charge on any atom is -0.480 e. The third-order valence-corrected chi connectivity index (χ3v) is 3.95. The third-order valence-electron chi connectivity index (χ3n) is 3.11. The Bertz CT molecular complexity index is 566. The van der Waals surface area contributed by atoms with E-state index in [1.54, 1.807) is 29.2 Å². The quantitative estimate of drug-likeness (QED) is 0.796. The number of hydrogen-bond donors (Lipinski definition) is 1. The van der Waals surface area contributed by atoms with Gasteiger partial charge in [0, 0.05) is 13.5 Å². The van der Waals surface area contributed by atoms with Crippen LogP contribution in [-0.2, 0) is 14.4 Å². The lowest BCUT2D eigenvalue weighted by atomic mass is 10.1. The summed E-state index contributed by atoms with van der Waals surface area (Å²) in [5, 5.41) is 9.08. The van der Waals surface area contributed by atoms with E-state index in [-0.39, 0.29) is 16.7 Å². The van der Waals surface area contributed by atoms with Crippen LogP contribution in [0, 0.1) is 0 Å². The minimum absolute atomic E-state index is 0.0104. The van der Waals surface area contributed by atoms with Gasteiger partial charge in [0.2, 0.25) is 0 Å². The molecule has 7 heteroatoms. The van der Waals surface area contributed by atoms with Gasteiger partial charge in [0.25, 0.3) is 0 Å². The van der Waals surface area contributed by atoms with Crippen LogP contribution in [0.3, 0.4) is 0 Å². The fourth-order valence-corrected chi connectivity index (χ4v) is 2.73. The number of nitrogens with zero attached hydrogens (tertiary/aromatic N) is 1. The van der Waals surface area contributed by atoms with E-state index < -0.39 is 18.1 Å². The molecule has 1 aliphatic heterocycles. The molecule has 0 radical (unpaired) electrons. The summed E-state index contributed by atoms with van der Waals surface area (Å²) in [7, 11) is 0. The molecule has 0 bridgehead atoms. The van der Waals surface area contributed by atoms with Crippen molar-refractivity contribution < 1.29 is 23.9 Å². The van der Waals surface area contributed by atoms with E-state index >= 15 is 0 Å². The van der Waals surface area contributed by atoms with E-state index in [1.165, 1.54) is 13.2 Å². The standard InChI is InChI=1S/C14H15NO5S/c1-9(16)21-8-11(17)13(12-5-3-7-20-12)15-6-2-4-10(15)14(18)19/h2-5,7,10,13H,6,8H2,1H3,(H,18,19)/t10-,13?/m0/s1. The van der Waals surface area contributed by atoms with Gasteiger partial charge in [-0.15, -0.1) is 0 Å². The fourth-order valence-electron chi connectivity index (χ4n) is 2.23. The molecule has 112 valence electrons. The zero-order valence-electron chi connectivity index (χ0n) is 11.4. The zero-order valence-corrected chi connectivity index (χ0v) is 12.2. The van der Waals surface area contributed by atoms with Gasteiger partial charge < -0.3 is 9.52 Å². The maximum absolute atomic E-state index is 12.4. The summed E-state index contributed by atoms with van der Waals surface area (Å²) in [5.41, 5.74) is 0. The number of ketones is 1. The summed E-state index contributed by atoms with van der Waals surface area (Å²) < 4.78 is 5.29. The van der Waals surface area contributed by atoms with Gasteiger partial charge in [0.05, 0.1) is 12.0 Å². The Morgan fingerprint density at radius 2 is 2.29 bits per heavy atom. The fraction of sp³-hybridized carbons (Fsp3) is 0.357. The van der Waals surface area contributed by atoms with Gasteiger partial charge in [0.1, 0.15) is 17.8 Å². The summed E-state index contributed by atoms with van der Waals surface area (Å²) in [6.07, 6.45) is 4.69. The predicted molar refractivity (Wildman–Crippen MR) is 76.9 cm³/mol. The molecule has 21 heavy (non-hydrogen) atoms. The summed E-state index contributed by atoms with van der Waals surface area (Å²) in [5.74, 6) is -0.893. The van der Waals surface area contributed by atoms with Gasteiger partial charge in [-0.05, 0) is 12.1 Å². The largest absolute Gasteiger partial charge is 0.480 e. The van der Waals surface area contributed by atoms with Crippen LogP contribution in [0.25, 0.3) is 0 Å². The number of rotatable bonds is 6.